The third kappa shape index (κ3) is 29.2. The Morgan fingerprint density at radius 1 is 0.210 bits per heavy atom. The third-order valence-corrected chi connectivity index (χ3v) is 27.7. The topological polar surface area (TPSA) is 0 Å². The Hall–Kier alpha value is -3.08. The van der Waals surface area contributed by atoms with Gasteiger partial charge in [-0.2, -0.15) is 149 Å². The Balaban J connectivity index is 0.000000703. The molecule has 0 spiro atoms. The molecule has 9 aliphatic rings. The Morgan fingerprint density at radius 2 is 0.476 bits per heavy atom. The van der Waals surface area contributed by atoms with E-state index in [-0.39, 0.29) is 61.7 Å². The molecule has 744 valence electrons. The van der Waals surface area contributed by atoms with Gasteiger partial charge >= 0.3 is 73.6 Å². The molecule has 0 bridgehead atoms. The monoisotopic (exact) mass is 1910 g/mol. The molecule has 0 heterocycles. The summed E-state index contributed by atoms with van der Waals surface area (Å²) in [5, 5.41) is 0. The summed E-state index contributed by atoms with van der Waals surface area (Å²) < 4.78 is 557. The second-order valence-electron chi connectivity index (χ2n) is 37.1. The van der Waals surface area contributed by atoms with Gasteiger partial charge in [0, 0.05) is 23.7 Å². The zero-order valence-corrected chi connectivity index (χ0v) is 71.5. The highest BCUT2D eigenvalue weighted by atomic mass is 19.5. The van der Waals surface area contributed by atoms with Gasteiger partial charge in [-0.1, -0.05) is 144 Å². The van der Waals surface area contributed by atoms with Crippen LogP contribution >= 0.6 is 0 Å². The molecule has 9 saturated carbocycles. The largest absolute Gasteiger partial charge is 0.392 e. The normalized spacial score (nSPS) is 42.6. The van der Waals surface area contributed by atoms with E-state index >= 15 is 0 Å². The van der Waals surface area contributed by atoms with E-state index in [0.717, 1.165) is 46.5 Å². The standard InChI is InChI=1S/C12H15F9.2C10H14F6.2C9H15F3.C8H12F4.C8H13F3.C7H7F7.C7H11F3/c1-4-5(2)8(11(16,17)18)9(12(19,20)21)6(3)7(4)10(13,14)15;1-5-3-6(2)8(10(14,15)16)7(4-5)9(11,12)13;1-4-5(2)8(10(14,15)16)6(3)7(4)9(11,12)13;1-6-3-7(2)5-8(4-6)9(10,11)12;1-6-4-3-5-8(7(6)2)9(10,11)12;1-3-5(9)4(2)7(11)8(12)6(3)10;1-5-3-6(2)7(4-5)8(9,10)11;1-3-5(9,10)4(2,8)7(13,14)6(3,11)12;1-3-5(8)4(2)7(10)6(3)9/h4-9H,1-3H3;5-8H,3-4H2,1-2H3;4-8H,1-3H3;2*6-8H,3-5H2,1-2H3;3-8H,1-2H3;5-7H,3-4H2,1-2H3;3H,1-2H3;3-7H,1-2H3/t4-,5?,6?,7?,8?,9?;5-,6?,7?,8?;4-,5?,6?,7?,8?;6-,7?,8?;6?,7-,8?;3-,4?,5?,6?,7?,8?;5-,6?,7?;3-,4?;3-,4?,5?,6?,7?/m101010000/s1. The van der Waals surface area contributed by atoms with Crippen LogP contribution in [0.3, 0.4) is 0 Å². The molecule has 9 aliphatic carbocycles. The average Bonchev–Trinajstić information content (AvgIpc) is 1.53. The summed E-state index contributed by atoms with van der Waals surface area (Å²) in [5.41, 5.74) is -4.52. The fourth-order valence-corrected chi connectivity index (χ4v) is 20.1. The van der Waals surface area contributed by atoms with Gasteiger partial charge in [0.1, 0.15) is 37.0 Å². The Bertz CT molecular complexity index is 2930. The molecule has 0 N–H and O–H groups in total. The predicted octanol–water partition coefficient (Wildman–Crippen LogP) is 32.8. The number of halogens is 44. The van der Waals surface area contributed by atoms with Crippen LogP contribution in [0.15, 0.2) is 0 Å². The number of hydrogen-bond donors (Lipinski definition) is 0. The van der Waals surface area contributed by atoms with Crippen molar-refractivity contribution in [1.82, 2.24) is 0 Å². The quantitative estimate of drug-likeness (QED) is 0.212. The van der Waals surface area contributed by atoms with Crippen molar-refractivity contribution in [2.75, 3.05) is 0 Å². The lowest BCUT2D eigenvalue weighted by molar-refractivity contribution is -0.321. The fraction of sp³-hybridized carbons (Fsp3) is 1.00. The minimum absolute atomic E-state index is 0.176. The fourth-order valence-electron chi connectivity index (χ4n) is 20.1. The molecule has 0 aliphatic heterocycles. The zero-order valence-electron chi connectivity index (χ0n) is 71.5. The minimum atomic E-state index is -5.36. The first kappa shape index (κ1) is 119. The summed E-state index contributed by atoms with van der Waals surface area (Å²) in [6, 6.07) is 0. The van der Waals surface area contributed by atoms with Crippen LogP contribution in [-0.2, 0) is 0 Å². The van der Waals surface area contributed by atoms with Crippen LogP contribution in [0.1, 0.15) is 203 Å². The van der Waals surface area contributed by atoms with E-state index in [9.17, 15) is 193 Å². The maximum atomic E-state index is 13.0. The second kappa shape index (κ2) is 42.9. The van der Waals surface area contributed by atoms with Gasteiger partial charge in [0.15, 0.2) is 6.17 Å². The average molecular weight is 1910 g/mol. The van der Waals surface area contributed by atoms with Crippen molar-refractivity contribution < 1.29 is 193 Å². The van der Waals surface area contributed by atoms with E-state index < -0.39 is 265 Å². The number of rotatable bonds is 0. The lowest BCUT2D eigenvalue weighted by atomic mass is 9.57. The molecule has 28 unspecified atom stereocenters. The molecule has 0 nitrogen and oxygen atoms in total. The van der Waals surface area contributed by atoms with Gasteiger partial charge in [0.05, 0.1) is 65.1 Å². The molecule has 9 fully saturated rings. The lowest BCUT2D eigenvalue weighted by Crippen LogP contribution is -2.57. The molecule has 44 heteroatoms. The van der Waals surface area contributed by atoms with Gasteiger partial charge in [0.2, 0.25) is 5.67 Å². The molecule has 0 aromatic carbocycles. The molecule has 0 saturated heterocycles. The zero-order chi connectivity index (χ0) is 98.9. The van der Waals surface area contributed by atoms with Crippen molar-refractivity contribution >= 4 is 0 Å². The predicted molar refractivity (Wildman–Crippen MR) is 374 cm³/mol. The van der Waals surface area contributed by atoms with Gasteiger partial charge in [0.25, 0.3) is 5.92 Å². The minimum Gasteiger partial charge on any atom is -0.247 e. The number of hydrogen-bond acceptors (Lipinski definition) is 0. The van der Waals surface area contributed by atoms with E-state index in [4.69, 9.17) is 0 Å². The van der Waals surface area contributed by atoms with Crippen LogP contribution in [0.4, 0.5) is 193 Å². The highest BCUT2D eigenvalue weighted by Gasteiger charge is 2.88. The molecule has 0 aromatic heterocycles. The molecule has 0 radical (unpaired) electrons. The van der Waals surface area contributed by atoms with Crippen molar-refractivity contribution in [3.63, 3.8) is 0 Å². The Kier molecular flexibility index (Phi) is 41.1. The first-order valence-corrected chi connectivity index (χ1v) is 40.7. The molecule has 0 aromatic rings. The van der Waals surface area contributed by atoms with Gasteiger partial charge in [-0.25, -0.2) is 43.9 Å². The first-order chi connectivity index (χ1) is 54.8. The molecular weight excluding hydrogens is 1800 g/mol. The van der Waals surface area contributed by atoms with Crippen molar-refractivity contribution in [1.29, 1.82) is 0 Å². The Labute approximate surface area is 694 Å². The first-order valence-electron chi connectivity index (χ1n) is 40.7. The molecule has 0 amide bonds. The third-order valence-electron chi connectivity index (χ3n) is 27.7. The smallest absolute Gasteiger partial charge is 0.247 e. The summed E-state index contributed by atoms with van der Waals surface area (Å²) in [6.45, 7) is 25.2. The van der Waals surface area contributed by atoms with Crippen LogP contribution in [-0.4, -0.2) is 128 Å². The van der Waals surface area contributed by atoms with Crippen LogP contribution in [0, 0.1) is 172 Å². The van der Waals surface area contributed by atoms with E-state index in [1.54, 1.807) is 20.8 Å². The lowest BCUT2D eigenvalue weighted by Gasteiger charge is -2.50. The van der Waals surface area contributed by atoms with Gasteiger partial charge in [-0.15, -0.1) is 0 Å². The van der Waals surface area contributed by atoms with E-state index in [0.29, 0.717) is 32.6 Å². The van der Waals surface area contributed by atoms with Crippen molar-refractivity contribution in [3.05, 3.63) is 0 Å². The second-order valence-corrected chi connectivity index (χ2v) is 37.1. The number of alkyl halides is 44. The van der Waals surface area contributed by atoms with Crippen molar-refractivity contribution in [2.24, 2.45) is 172 Å². The van der Waals surface area contributed by atoms with Gasteiger partial charge in [-0.3, -0.25) is 0 Å². The van der Waals surface area contributed by atoms with Crippen LogP contribution in [0.5, 0.6) is 0 Å². The summed E-state index contributed by atoms with van der Waals surface area (Å²) in [5.74, 6) is -51.0. The van der Waals surface area contributed by atoms with Gasteiger partial charge in [-0.05, 0) is 141 Å². The summed E-state index contributed by atoms with van der Waals surface area (Å²) in [7, 11) is 0. The SMILES string of the molecule is CC1C(C(F)(F)F)C(C(F)(F)F)C(C)[C@@H](C)C1C(F)(F)F.CC1C(C(F)(F)F)C(C)[C@@H](C)C1C(F)(F)F.CC1C(F)C(F)C(F)[C@@H](C)C1F.CC1C(F)C(F)[C@@H](C)C1F.CC1CC(C(F)(F)F)C[C@@H](C)C1.CC1CCCC(C(F)(F)F)[C@@H]1C.CC1C[C@H](C)CC(C(F)(F)F)C1C(F)(F)F.CC1C[C@H](C)CC1C(F)(F)F.C[C@H]1C(F)(F)C(C)(F)C(F)(F)C1(F)F. The summed E-state index contributed by atoms with van der Waals surface area (Å²) >= 11 is 0. The molecule has 9 rings (SSSR count). The van der Waals surface area contributed by atoms with Crippen LogP contribution < -0.4 is 0 Å². The van der Waals surface area contributed by atoms with Crippen LogP contribution in [0.25, 0.3) is 0 Å². The highest BCUT2D eigenvalue weighted by molar-refractivity contribution is 5.19. The summed E-state index contributed by atoms with van der Waals surface area (Å²) in [4.78, 5) is 0. The van der Waals surface area contributed by atoms with E-state index in [1.165, 1.54) is 48.5 Å². The highest BCUT2D eigenvalue weighted by Crippen LogP contribution is 2.66. The van der Waals surface area contributed by atoms with Gasteiger partial charge < -0.3 is 0 Å². The van der Waals surface area contributed by atoms with Crippen molar-refractivity contribution in [3.8, 4) is 0 Å². The van der Waals surface area contributed by atoms with Crippen LogP contribution in [0.2, 0.25) is 0 Å². The molecular formula is C80H116F44. The molecule has 37 atom stereocenters. The maximum Gasteiger partial charge on any atom is 0.392 e. The maximum absolute atomic E-state index is 13.0. The molecule has 124 heavy (non-hydrogen) atoms. The van der Waals surface area contributed by atoms with Crippen molar-refractivity contribution in [2.45, 2.75) is 331 Å². The Morgan fingerprint density at radius 3 is 0.710 bits per heavy atom. The van der Waals surface area contributed by atoms with E-state index in [1.807, 2.05) is 27.7 Å². The summed E-state index contributed by atoms with van der Waals surface area (Å²) in [6.07, 6.45) is -53.9. The van der Waals surface area contributed by atoms with E-state index in [2.05, 4.69) is 0 Å².